The number of carbonyl (C=O) groups excluding carboxylic acids is 1. The Bertz CT molecular complexity index is 1270. The minimum Gasteiger partial charge on any atom is -0.371 e. The predicted molar refractivity (Wildman–Crippen MR) is 143 cm³/mol. The molecule has 2 aromatic rings. The van der Waals surface area contributed by atoms with Crippen molar-refractivity contribution in [2.45, 2.75) is 62.7 Å². The predicted octanol–water partition coefficient (Wildman–Crippen LogP) is 4.92. The summed E-state index contributed by atoms with van der Waals surface area (Å²) in [5.41, 5.74) is -1.04. The molecule has 0 radical (unpaired) electrons. The summed E-state index contributed by atoms with van der Waals surface area (Å²) in [4.78, 5) is 14.8. The van der Waals surface area contributed by atoms with E-state index in [1.165, 1.54) is 18.2 Å². The molecule has 39 heavy (non-hydrogen) atoms. The van der Waals surface area contributed by atoms with Gasteiger partial charge < -0.3 is 10.1 Å². The van der Waals surface area contributed by atoms with Crippen molar-refractivity contribution in [2.75, 3.05) is 38.1 Å². The van der Waals surface area contributed by atoms with E-state index in [0.29, 0.717) is 32.4 Å². The van der Waals surface area contributed by atoms with Gasteiger partial charge in [0, 0.05) is 19.1 Å². The lowest BCUT2D eigenvalue weighted by Crippen LogP contribution is -2.64. The molecule has 0 unspecified atom stereocenters. The number of para-hydroxylation sites is 1. The Morgan fingerprint density at radius 2 is 1.82 bits per heavy atom. The number of likely N-dealkylation sites (tertiary alicyclic amines) is 1. The monoisotopic (exact) mass is 567 g/mol. The Kier molecular flexibility index (Phi) is 8.75. The zero-order valence-corrected chi connectivity index (χ0v) is 23.3. The van der Waals surface area contributed by atoms with Crippen molar-refractivity contribution in [1.29, 1.82) is 0 Å². The highest BCUT2D eigenvalue weighted by Crippen LogP contribution is 2.36. The number of aryl methyl sites for hydroxylation is 1. The highest BCUT2D eigenvalue weighted by molar-refractivity contribution is 7.89. The highest BCUT2D eigenvalue weighted by atomic mass is 32.2. The molecule has 2 atom stereocenters. The third kappa shape index (κ3) is 7.00. The molecule has 1 amide bonds. The summed E-state index contributed by atoms with van der Waals surface area (Å²) in [5, 5.41) is 2.40. The van der Waals surface area contributed by atoms with Crippen molar-refractivity contribution in [3.8, 4) is 0 Å². The fourth-order valence-corrected chi connectivity index (χ4v) is 7.17. The Balaban J connectivity index is 1.50. The minimum absolute atomic E-state index is 0.128. The second kappa shape index (κ2) is 11.6. The van der Waals surface area contributed by atoms with E-state index in [-0.39, 0.29) is 42.2 Å². The molecule has 0 saturated carbocycles. The van der Waals surface area contributed by atoms with E-state index >= 15 is 0 Å². The largest absolute Gasteiger partial charge is 0.418 e. The third-order valence-electron chi connectivity index (χ3n) is 7.30. The first-order chi connectivity index (χ1) is 18.3. The summed E-state index contributed by atoms with van der Waals surface area (Å²) < 4.78 is 75.6. The van der Waals surface area contributed by atoms with E-state index in [2.05, 4.69) is 5.32 Å². The van der Waals surface area contributed by atoms with Gasteiger partial charge >= 0.3 is 6.18 Å². The number of ether oxygens (including phenoxy) is 1. The molecule has 214 valence electrons. The maximum atomic E-state index is 13.8. The summed E-state index contributed by atoms with van der Waals surface area (Å²) in [6.45, 7) is 7.10. The zero-order valence-electron chi connectivity index (χ0n) is 22.5. The van der Waals surface area contributed by atoms with E-state index in [1.807, 2.05) is 25.7 Å². The number of hydrogen-bond acceptors (Lipinski definition) is 5. The van der Waals surface area contributed by atoms with Crippen molar-refractivity contribution < 1.29 is 31.1 Å². The van der Waals surface area contributed by atoms with Crippen LogP contribution in [0.1, 0.15) is 44.2 Å². The molecule has 2 saturated heterocycles. The van der Waals surface area contributed by atoms with Gasteiger partial charge in [0.15, 0.2) is 0 Å². The fourth-order valence-electron chi connectivity index (χ4n) is 5.48. The van der Waals surface area contributed by atoms with E-state index < -0.39 is 33.3 Å². The van der Waals surface area contributed by atoms with Gasteiger partial charge in [-0.1, -0.05) is 43.7 Å². The van der Waals surface area contributed by atoms with Crippen molar-refractivity contribution in [1.82, 2.24) is 9.21 Å². The molecule has 11 heteroatoms. The molecule has 1 spiro atoms. The Hall–Kier alpha value is -2.47. The minimum atomic E-state index is -4.59. The van der Waals surface area contributed by atoms with Gasteiger partial charge in [0.05, 0.1) is 34.9 Å². The van der Waals surface area contributed by atoms with Gasteiger partial charge in [-0.15, -0.1) is 0 Å². The van der Waals surface area contributed by atoms with Crippen LogP contribution in [0.5, 0.6) is 0 Å². The number of alkyl halides is 3. The van der Waals surface area contributed by atoms with Crippen LogP contribution in [-0.2, 0) is 25.7 Å². The average molecular weight is 568 g/mol. The van der Waals surface area contributed by atoms with E-state index in [9.17, 15) is 26.4 Å². The number of hydrogen-bond donors (Lipinski definition) is 1. The number of nitrogens with zero attached hydrogens (tertiary/aromatic N) is 2. The molecule has 2 aliphatic rings. The van der Waals surface area contributed by atoms with Gasteiger partial charge in [0.2, 0.25) is 15.9 Å². The molecule has 0 aliphatic carbocycles. The van der Waals surface area contributed by atoms with Crippen LogP contribution >= 0.6 is 0 Å². The van der Waals surface area contributed by atoms with Crippen LogP contribution in [0.25, 0.3) is 0 Å². The number of benzene rings is 2. The number of piperidine rings is 1. The standard InChI is InChI=1S/C28H36F3N3O4S/c1-20(2)15-22-17-38-27(19-34(22)39(36,37)23-11-9-21(3)10-12-23)13-6-14-33(18-27)16-26(35)32-25-8-5-4-7-24(25)28(29,30)31/h4-5,7-12,20,22H,6,13-19H2,1-3H3,(H,32,35)/t22-,27+/m0/s1. The van der Waals surface area contributed by atoms with E-state index in [1.54, 1.807) is 28.6 Å². The number of morpholine rings is 1. The van der Waals surface area contributed by atoms with Crippen LogP contribution in [0.3, 0.4) is 0 Å². The molecule has 2 fully saturated rings. The average Bonchev–Trinajstić information content (AvgIpc) is 2.85. The van der Waals surface area contributed by atoms with Crippen LogP contribution in [0.4, 0.5) is 18.9 Å². The maximum Gasteiger partial charge on any atom is 0.418 e. The zero-order chi connectivity index (χ0) is 28.4. The van der Waals surface area contributed by atoms with Crippen molar-refractivity contribution in [2.24, 2.45) is 5.92 Å². The van der Waals surface area contributed by atoms with Gasteiger partial charge in [0.1, 0.15) is 0 Å². The van der Waals surface area contributed by atoms with E-state index in [4.69, 9.17) is 4.74 Å². The molecule has 2 heterocycles. The Morgan fingerprint density at radius 1 is 1.13 bits per heavy atom. The van der Waals surface area contributed by atoms with Crippen molar-refractivity contribution >= 4 is 21.6 Å². The maximum absolute atomic E-state index is 13.8. The quantitative estimate of drug-likeness (QED) is 0.514. The van der Waals surface area contributed by atoms with Crippen LogP contribution in [0, 0.1) is 12.8 Å². The Labute approximate surface area is 228 Å². The summed E-state index contributed by atoms with van der Waals surface area (Å²) in [5.74, 6) is -0.309. The van der Waals surface area contributed by atoms with Crippen LogP contribution in [0.2, 0.25) is 0 Å². The van der Waals surface area contributed by atoms with Crippen LogP contribution in [-0.4, -0.2) is 68.0 Å². The first-order valence-electron chi connectivity index (χ1n) is 13.2. The molecule has 0 bridgehead atoms. The highest BCUT2D eigenvalue weighted by Gasteiger charge is 2.47. The van der Waals surface area contributed by atoms with Gasteiger partial charge in [-0.3, -0.25) is 9.69 Å². The summed E-state index contributed by atoms with van der Waals surface area (Å²) >= 11 is 0. The number of sulfonamides is 1. The number of rotatable bonds is 7. The second-order valence-corrected chi connectivity index (χ2v) is 12.9. The van der Waals surface area contributed by atoms with Crippen LogP contribution in [0.15, 0.2) is 53.4 Å². The SMILES string of the molecule is Cc1ccc(S(=O)(=O)N2C[C@]3(CCCN(CC(=O)Nc4ccccc4C(F)(F)F)C3)OC[C@@H]2CC(C)C)cc1. The number of halogens is 3. The summed E-state index contributed by atoms with van der Waals surface area (Å²) in [7, 11) is -3.80. The molecule has 2 aromatic carbocycles. The Morgan fingerprint density at radius 3 is 2.49 bits per heavy atom. The van der Waals surface area contributed by atoms with Crippen molar-refractivity contribution in [3.63, 3.8) is 0 Å². The summed E-state index contributed by atoms with van der Waals surface area (Å²) in [6, 6.07) is 11.3. The molecular weight excluding hydrogens is 531 g/mol. The number of nitrogens with one attached hydrogen (secondary N) is 1. The topological polar surface area (TPSA) is 79.0 Å². The molecule has 1 N–H and O–H groups in total. The lowest BCUT2D eigenvalue weighted by molar-refractivity contribution is -0.146. The lowest BCUT2D eigenvalue weighted by Gasteiger charge is -2.50. The normalized spacial score (nSPS) is 23.3. The second-order valence-electron chi connectivity index (χ2n) is 11.0. The van der Waals surface area contributed by atoms with Gasteiger partial charge in [-0.05, 0) is 62.9 Å². The molecule has 0 aromatic heterocycles. The first-order valence-corrected chi connectivity index (χ1v) is 14.6. The number of anilines is 1. The molecule has 4 rings (SSSR count). The first kappa shape index (κ1) is 29.5. The third-order valence-corrected chi connectivity index (χ3v) is 9.21. The smallest absolute Gasteiger partial charge is 0.371 e. The molecule has 7 nitrogen and oxygen atoms in total. The molecule has 2 aliphatic heterocycles. The van der Waals surface area contributed by atoms with Gasteiger partial charge in [-0.25, -0.2) is 8.42 Å². The van der Waals surface area contributed by atoms with Crippen LogP contribution < -0.4 is 5.32 Å². The fraction of sp³-hybridized carbons (Fsp3) is 0.536. The summed E-state index contributed by atoms with van der Waals surface area (Å²) in [6.07, 6.45) is -2.66. The number of amides is 1. The van der Waals surface area contributed by atoms with E-state index in [0.717, 1.165) is 11.6 Å². The van der Waals surface area contributed by atoms with Gasteiger partial charge in [-0.2, -0.15) is 17.5 Å². The lowest BCUT2D eigenvalue weighted by atomic mass is 9.89. The van der Waals surface area contributed by atoms with Gasteiger partial charge in [0.25, 0.3) is 0 Å². The number of carbonyl (C=O) groups is 1. The molecular formula is C28H36F3N3O4S. The van der Waals surface area contributed by atoms with Crippen molar-refractivity contribution in [3.05, 3.63) is 59.7 Å².